The van der Waals surface area contributed by atoms with Crippen molar-refractivity contribution in [3.63, 3.8) is 0 Å². The van der Waals surface area contributed by atoms with Crippen LogP contribution >= 0.6 is 11.6 Å². The number of hydrogen-bond acceptors (Lipinski definition) is 8. The molecule has 10 heteroatoms. The zero-order valence-electron chi connectivity index (χ0n) is 16.0. The van der Waals surface area contributed by atoms with E-state index in [1.807, 2.05) is 13.8 Å². The van der Waals surface area contributed by atoms with Crippen molar-refractivity contribution in [1.82, 2.24) is 15.1 Å². The summed E-state index contributed by atoms with van der Waals surface area (Å²) in [5, 5.41) is 13.8. The second-order valence-electron chi connectivity index (χ2n) is 6.56. The van der Waals surface area contributed by atoms with Crippen LogP contribution in [0.5, 0.6) is 11.6 Å². The number of fused-ring (bicyclic) bond motifs is 1. The molecule has 0 bridgehead atoms. The largest absolute Gasteiger partial charge is 0.479 e. The number of aliphatic carboxylic acids is 1. The number of rotatable bonds is 7. The molecule has 30 heavy (non-hydrogen) atoms. The molecular weight excluding hydrogens is 414 g/mol. The van der Waals surface area contributed by atoms with E-state index in [9.17, 15) is 4.79 Å². The minimum atomic E-state index is -1.08. The van der Waals surface area contributed by atoms with Crippen molar-refractivity contribution < 1.29 is 28.3 Å². The van der Waals surface area contributed by atoms with Gasteiger partial charge in [-0.15, -0.1) is 0 Å². The fourth-order valence-corrected chi connectivity index (χ4v) is 3.00. The topological polar surface area (TPSA) is 121 Å². The van der Waals surface area contributed by atoms with Gasteiger partial charge < -0.3 is 23.5 Å². The Morgan fingerprint density at radius 1 is 1.30 bits per heavy atom. The fraction of sp³-hybridized carbons (Fsp3) is 0.200. The van der Waals surface area contributed by atoms with E-state index in [2.05, 4.69) is 15.1 Å². The Morgan fingerprint density at radius 3 is 2.87 bits per heavy atom. The molecule has 4 rings (SSSR count). The van der Waals surface area contributed by atoms with Crippen LogP contribution in [0.1, 0.15) is 13.8 Å². The molecule has 4 aromatic rings. The third kappa shape index (κ3) is 3.92. The van der Waals surface area contributed by atoms with Crippen LogP contribution in [-0.2, 0) is 4.79 Å². The molecule has 0 radical (unpaired) electrons. The number of halogens is 1. The van der Waals surface area contributed by atoms with Gasteiger partial charge in [-0.2, -0.15) is 4.98 Å². The highest BCUT2D eigenvalue weighted by Gasteiger charge is 2.18. The van der Waals surface area contributed by atoms with Gasteiger partial charge in [-0.1, -0.05) is 16.8 Å². The summed E-state index contributed by atoms with van der Waals surface area (Å²) < 4.78 is 21.6. The van der Waals surface area contributed by atoms with Crippen LogP contribution < -0.4 is 9.47 Å². The molecule has 0 saturated carbocycles. The molecule has 0 aliphatic carbocycles. The third-order valence-corrected chi connectivity index (χ3v) is 4.27. The average Bonchev–Trinajstić information content (AvgIpc) is 3.37. The maximum absolute atomic E-state index is 10.8. The Labute approximate surface area is 175 Å². The summed E-state index contributed by atoms with van der Waals surface area (Å²) in [6, 6.07) is 6.65. The van der Waals surface area contributed by atoms with Gasteiger partial charge in [0.1, 0.15) is 5.02 Å². The standard InChI is InChI=1S/C20H16ClN3O6/c1-10(2)29-20-14(21)7-11(8-22-20)19-23-18(24-30-19)13-3-4-15(28-9-16(25)26)17-12(13)5-6-27-17/h3-8,10H,9H2,1-2H3,(H,25,26). The monoisotopic (exact) mass is 429 g/mol. The van der Waals surface area contributed by atoms with Crippen molar-refractivity contribution >= 4 is 28.5 Å². The van der Waals surface area contributed by atoms with Crippen molar-refractivity contribution in [2.75, 3.05) is 6.61 Å². The van der Waals surface area contributed by atoms with Crippen molar-refractivity contribution in [3.05, 3.63) is 41.7 Å². The van der Waals surface area contributed by atoms with E-state index in [1.54, 1.807) is 24.3 Å². The van der Waals surface area contributed by atoms with Crippen molar-refractivity contribution in [3.8, 4) is 34.5 Å². The van der Waals surface area contributed by atoms with Crippen LogP contribution in [0.15, 0.2) is 45.7 Å². The molecule has 0 unspecified atom stereocenters. The summed E-state index contributed by atoms with van der Waals surface area (Å²) in [5.74, 6) is 0.102. The normalized spacial score (nSPS) is 11.2. The molecule has 0 saturated heterocycles. The SMILES string of the molecule is CC(C)Oc1ncc(-c2nc(-c3ccc(OCC(=O)O)c4occc34)no2)cc1Cl. The van der Waals surface area contributed by atoms with Crippen LogP contribution in [0.25, 0.3) is 33.8 Å². The number of carboxylic acid groups (broad SMARTS) is 1. The minimum Gasteiger partial charge on any atom is -0.479 e. The maximum atomic E-state index is 10.8. The first-order valence-electron chi connectivity index (χ1n) is 8.94. The molecule has 0 aliphatic rings. The Hall–Kier alpha value is -3.59. The molecule has 3 aromatic heterocycles. The van der Waals surface area contributed by atoms with Gasteiger partial charge in [0.25, 0.3) is 5.89 Å². The highest BCUT2D eigenvalue weighted by atomic mass is 35.5. The van der Waals surface area contributed by atoms with E-state index in [0.717, 1.165) is 0 Å². The van der Waals surface area contributed by atoms with Crippen molar-refractivity contribution in [2.24, 2.45) is 0 Å². The van der Waals surface area contributed by atoms with Crippen molar-refractivity contribution in [1.29, 1.82) is 0 Å². The first kappa shape index (κ1) is 19.7. The number of hydrogen-bond donors (Lipinski definition) is 1. The number of benzene rings is 1. The smallest absolute Gasteiger partial charge is 0.341 e. The number of carboxylic acids is 1. The molecule has 3 heterocycles. The lowest BCUT2D eigenvalue weighted by atomic mass is 10.1. The lowest BCUT2D eigenvalue weighted by Crippen LogP contribution is -2.09. The molecule has 0 atom stereocenters. The predicted molar refractivity (Wildman–Crippen MR) is 107 cm³/mol. The van der Waals surface area contributed by atoms with Gasteiger partial charge in [0.15, 0.2) is 17.9 Å². The first-order valence-corrected chi connectivity index (χ1v) is 9.31. The van der Waals surface area contributed by atoms with Crippen LogP contribution in [0.2, 0.25) is 5.02 Å². The lowest BCUT2D eigenvalue weighted by molar-refractivity contribution is -0.139. The van der Waals surface area contributed by atoms with Crippen molar-refractivity contribution in [2.45, 2.75) is 20.0 Å². The number of ether oxygens (including phenoxy) is 2. The number of nitrogens with zero attached hydrogens (tertiary/aromatic N) is 3. The molecule has 0 aliphatic heterocycles. The molecule has 1 N–H and O–H groups in total. The summed E-state index contributed by atoms with van der Waals surface area (Å²) in [6.45, 7) is 3.28. The Balaban J connectivity index is 1.65. The maximum Gasteiger partial charge on any atom is 0.341 e. The molecular formula is C20H16ClN3O6. The molecule has 0 amide bonds. The summed E-state index contributed by atoms with van der Waals surface area (Å²) in [7, 11) is 0. The predicted octanol–water partition coefficient (Wildman–Crippen LogP) is 4.45. The first-order chi connectivity index (χ1) is 14.4. The van der Waals surface area contributed by atoms with Gasteiger partial charge in [0.05, 0.1) is 17.9 Å². The lowest BCUT2D eigenvalue weighted by Gasteiger charge is -2.09. The summed E-state index contributed by atoms with van der Waals surface area (Å²) >= 11 is 6.23. The Bertz CT molecular complexity index is 1220. The molecule has 1 aromatic carbocycles. The van der Waals surface area contributed by atoms with Crippen LogP contribution in [0.4, 0.5) is 0 Å². The van der Waals surface area contributed by atoms with Gasteiger partial charge >= 0.3 is 5.97 Å². The summed E-state index contributed by atoms with van der Waals surface area (Å²) in [6.07, 6.45) is 2.95. The number of furan rings is 1. The highest BCUT2D eigenvalue weighted by Crippen LogP contribution is 2.35. The van der Waals surface area contributed by atoms with Gasteiger partial charge in [-0.05, 0) is 38.1 Å². The van der Waals surface area contributed by atoms with Crippen LogP contribution in [0.3, 0.4) is 0 Å². The van der Waals surface area contributed by atoms with Gasteiger partial charge in [0, 0.05) is 17.1 Å². The fourth-order valence-electron chi connectivity index (χ4n) is 2.79. The Morgan fingerprint density at radius 2 is 2.13 bits per heavy atom. The van der Waals surface area contributed by atoms with E-state index in [1.165, 1.54) is 12.5 Å². The average molecular weight is 430 g/mol. The van der Waals surface area contributed by atoms with Crippen LogP contribution in [-0.4, -0.2) is 38.9 Å². The molecule has 9 nitrogen and oxygen atoms in total. The van der Waals surface area contributed by atoms with E-state index >= 15 is 0 Å². The zero-order valence-corrected chi connectivity index (χ0v) is 16.7. The summed E-state index contributed by atoms with van der Waals surface area (Å²) in [5.41, 5.74) is 1.56. The molecule has 0 fully saturated rings. The van der Waals surface area contributed by atoms with E-state index in [4.69, 9.17) is 35.1 Å². The number of aromatic nitrogens is 3. The number of pyridine rings is 1. The second-order valence-corrected chi connectivity index (χ2v) is 6.96. The molecule has 154 valence electrons. The minimum absolute atomic E-state index is 0.0596. The number of carbonyl (C=O) groups is 1. The second kappa shape index (κ2) is 8.03. The van der Waals surface area contributed by atoms with E-state index in [0.29, 0.717) is 44.6 Å². The quantitative estimate of drug-likeness (QED) is 0.454. The van der Waals surface area contributed by atoms with Crippen LogP contribution in [0, 0.1) is 0 Å². The van der Waals surface area contributed by atoms with E-state index in [-0.39, 0.29) is 12.0 Å². The highest BCUT2D eigenvalue weighted by molar-refractivity contribution is 6.32. The van der Waals surface area contributed by atoms with Gasteiger partial charge in [0.2, 0.25) is 11.7 Å². The van der Waals surface area contributed by atoms with Gasteiger partial charge in [-0.3, -0.25) is 0 Å². The Kier molecular flexibility index (Phi) is 5.28. The third-order valence-electron chi connectivity index (χ3n) is 4.00. The summed E-state index contributed by atoms with van der Waals surface area (Å²) in [4.78, 5) is 19.4. The molecule has 0 spiro atoms. The van der Waals surface area contributed by atoms with E-state index < -0.39 is 12.6 Å². The van der Waals surface area contributed by atoms with Gasteiger partial charge in [-0.25, -0.2) is 9.78 Å². The zero-order chi connectivity index (χ0) is 21.3.